The van der Waals surface area contributed by atoms with Gasteiger partial charge >= 0.3 is 0 Å². The molecule has 0 saturated heterocycles. The molecule has 0 amide bonds. The molecule has 0 aliphatic carbocycles. The largest absolute Gasteiger partial charge is 0.261 e. The van der Waals surface area contributed by atoms with Crippen LogP contribution in [0.15, 0.2) is 17.1 Å². The fourth-order valence-corrected chi connectivity index (χ4v) is 2.08. The highest BCUT2D eigenvalue weighted by molar-refractivity contribution is 9.10. The molecule has 0 aromatic carbocycles. The maximum atomic E-state index is 5.96. The highest BCUT2D eigenvalue weighted by Gasteiger charge is 2.12. The second-order valence-electron chi connectivity index (χ2n) is 3.19. The van der Waals surface area contributed by atoms with E-state index in [0.717, 1.165) is 10.2 Å². The van der Waals surface area contributed by atoms with E-state index in [1.54, 1.807) is 10.9 Å². The van der Waals surface area contributed by atoms with Gasteiger partial charge in [-0.25, -0.2) is 9.97 Å². The van der Waals surface area contributed by atoms with Gasteiger partial charge in [-0.1, -0.05) is 23.2 Å². The third-order valence-corrected chi connectivity index (χ3v) is 3.82. The van der Waals surface area contributed by atoms with Crippen molar-refractivity contribution in [2.24, 2.45) is 7.05 Å². The zero-order valence-electron chi connectivity index (χ0n) is 8.28. The molecule has 0 atom stereocenters. The van der Waals surface area contributed by atoms with Crippen molar-refractivity contribution in [1.82, 2.24) is 19.7 Å². The zero-order valence-corrected chi connectivity index (χ0v) is 11.4. The quantitative estimate of drug-likeness (QED) is 0.799. The van der Waals surface area contributed by atoms with E-state index < -0.39 is 0 Å². The molecule has 0 radical (unpaired) electrons. The number of halogens is 3. The molecule has 2 aromatic heterocycles. The highest BCUT2D eigenvalue weighted by atomic mass is 79.9. The van der Waals surface area contributed by atoms with Crippen molar-refractivity contribution < 1.29 is 0 Å². The van der Waals surface area contributed by atoms with E-state index in [1.807, 2.05) is 7.05 Å². The standard InChI is InChI=1S/C9H7BrCl2N4/c1-16-7(10)5(3-15-16)2-6-8(11)13-4-14-9(6)12/h3-4H,2H2,1H3. The van der Waals surface area contributed by atoms with Crippen LogP contribution < -0.4 is 0 Å². The lowest BCUT2D eigenvalue weighted by Gasteiger charge is -2.03. The molecule has 0 N–H and O–H groups in total. The Morgan fingerprint density at radius 3 is 2.44 bits per heavy atom. The van der Waals surface area contributed by atoms with Gasteiger partial charge in [-0.15, -0.1) is 0 Å². The summed E-state index contributed by atoms with van der Waals surface area (Å²) < 4.78 is 2.62. The van der Waals surface area contributed by atoms with Crippen molar-refractivity contribution in [3.8, 4) is 0 Å². The van der Waals surface area contributed by atoms with Crippen LogP contribution in [0.2, 0.25) is 10.3 Å². The van der Waals surface area contributed by atoms with E-state index in [-0.39, 0.29) is 0 Å². The smallest absolute Gasteiger partial charge is 0.137 e. The van der Waals surface area contributed by atoms with Crippen molar-refractivity contribution in [3.05, 3.63) is 38.6 Å². The molecule has 0 aliphatic heterocycles. The van der Waals surface area contributed by atoms with Gasteiger partial charge in [0, 0.05) is 24.6 Å². The van der Waals surface area contributed by atoms with Crippen LogP contribution in [0.5, 0.6) is 0 Å². The van der Waals surface area contributed by atoms with Gasteiger partial charge in [0.25, 0.3) is 0 Å². The molecule has 0 fully saturated rings. The number of rotatable bonds is 2. The summed E-state index contributed by atoms with van der Waals surface area (Å²) in [7, 11) is 1.85. The van der Waals surface area contributed by atoms with Crippen LogP contribution in [0.25, 0.3) is 0 Å². The number of aromatic nitrogens is 4. The molecule has 0 bridgehead atoms. The molecular formula is C9H7BrCl2N4. The zero-order chi connectivity index (χ0) is 11.7. The Labute approximate surface area is 111 Å². The summed E-state index contributed by atoms with van der Waals surface area (Å²) in [5.41, 5.74) is 1.70. The van der Waals surface area contributed by atoms with Crippen molar-refractivity contribution in [3.63, 3.8) is 0 Å². The second-order valence-corrected chi connectivity index (χ2v) is 4.66. The van der Waals surface area contributed by atoms with Crippen LogP contribution in [0, 0.1) is 0 Å². The lowest BCUT2D eigenvalue weighted by molar-refractivity contribution is 0.748. The Hall–Kier alpha value is -0.650. The van der Waals surface area contributed by atoms with E-state index in [4.69, 9.17) is 23.2 Å². The molecule has 2 rings (SSSR count). The van der Waals surface area contributed by atoms with Crippen LogP contribution >= 0.6 is 39.1 Å². The maximum absolute atomic E-state index is 5.96. The average Bonchev–Trinajstić information content (AvgIpc) is 2.55. The number of nitrogens with zero attached hydrogens (tertiary/aromatic N) is 4. The minimum atomic E-state index is 0.371. The summed E-state index contributed by atoms with van der Waals surface area (Å²) >= 11 is 15.4. The topological polar surface area (TPSA) is 43.6 Å². The Kier molecular flexibility index (Phi) is 3.47. The molecule has 7 heteroatoms. The van der Waals surface area contributed by atoms with E-state index in [2.05, 4.69) is 31.0 Å². The van der Waals surface area contributed by atoms with E-state index in [0.29, 0.717) is 22.3 Å². The van der Waals surface area contributed by atoms with Crippen LogP contribution in [0.3, 0.4) is 0 Å². The first-order valence-corrected chi connectivity index (χ1v) is 5.95. The van der Waals surface area contributed by atoms with Crippen LogP contribution in [-0.2, 0) is 13.5 Å². The van der Waals surface area contributed by atoms with Crippen LogP contribution in [0.1, 0.15) is 11.1 Å². The minimum absolute atomic E-state index is 0.371. The summed E-state index contributed by atoms with van der Waals surface area (Å²) in [5, 5.41) is 4.86. The Morgan fingerprint density at radius 2 is 1.94 bits per heavy atom. The van der Waals surface area contributed by atoms with Gasteiger partial charge < -0.3 is 0 Å². The predicted octanol–water partition coefficient (Wildman–Crippen LogP) is 2.87. The molecule has 0 saturated carbocycles. The average molecular weight is 322 g/mol. The second kappa shape index (κ2) is 4.69. The predicted molar refractivity (Wildman–Crippen MR) is 65.8 cm³/mol. The van der Waals surface area contributed by atoms with Gasteiger partial charge in [0.05, 0.1) is 6.20 Å². The number of hydrogen-bond donors (Lipinski definition) is 0. The maximum Gasteiger partial charge on any atom is 0.137 e. The fourth-order valence-electron chi connectivity index (χ4n) is 1.29. The Bertz CT molecular complexity index is 506. The molecule has 4 nitrogen and oxygen atoms in total. The van der Waals surface area contributed by atoms with Gasteiger partial charge in [0.15, 0.2) is 0 Å². The molecule has 2 heterocycles. The summed E-state index contributed by atoms with van der Waals surface area (Å²) in [6, 6.07) is 0. The van der Waals surface area contributed by atoms with E-state index in [1.165, 1.54) is 6.33 Å². The highest BCUT2D eigenvalue weighted by Crippen LogP contribution is 2.26. The Morgan fingerprint density at radius 1 is 1.31 bits per heavy atom. The third kappa shape index (κ3) is 2.21. The normalized spacial score (nSPS) is 10.8. The van der Waals surface area contributed by atoms with Gasteiger partial charge in [-0.3, -0.25) is 4.68 Å². The third-order valence-electron chi connectivity index (χ3n) is 2.14. The molecule has 0 spiro atoms. The minimum Gasteiger partial charge on any atom is -0.261 e. The fraction of sp³-hybridized carbons (Fsp3) is 0.222. The Balaban J connectivity index is 2.38. The van der Waals surface area contributed by atoms with E-state index in [9.17, 15) is 0 Å². The van der Waals surface area contributed by atoms with Crippen LogP contribution in [-0.4, -0.2) is 19.7 Å². The lowest BCUT2D eigenvalue weighted by atomic mass is 10.1. The SMILES string of the molecule is Cn1ncc(Cc2c(Cl)ncnc2Cl)c1Br. The summed E-state index contributed by atoms with van der Waals surface area (Å²) in [6.45, 7) is 0. The van der Waals surface area contributed by atoms with Crippen molar-refractivity contribution in [2.45, 2.75) is 6.42 Å². The molecular weight excluding hydrogens is 315 g/mol. The van der Waals surface area contributed by atoms with Crippen LogP contribution in [0.4, 0.5) is 0 Å². The molecule has 2 aromatic rings. The van der Waals surface area contributed by atoms with Crippen molar-refractivity contribution >= 4 is 39.1 Å². The van der Waals surface area contributed by atoms with Gasteiger partial charge in [0.2, 0.25) is 0 Å². The summed E-state index contributed by atoms with van der Waals surface area (Å²) in [4.78, 5) is 7.80. The first-order valence-electron chi connectivity index (χ1n) is 4.41. The summed E-state index contributed by atoms with van der Waals surface area (Å²) in [6.07, 6.45) is 3.64. The molecule has 0 unspecified atom stereocenters. The molecule has 84 valence electrons. The first kappa shape index (κ1) is 11.8. The molecule has 0 aliphatic rings. The number of aryl methyl sites for hydroxylation is 1. The van der Waals surface area contributed by atoms with Crippen molar-refractivity contribution in [1.29, 1.82) is 0 Å². The van der Waals surface area contributed by atoms with Gasteiger partial charge in [-0.2, -0.15) is 5.10 Å². The van der Waals surface area contributed by atoms with Gasteiger partial charge in [-0.05, 0) is 15.9 Å². The first-order chi connectivity index (χ1) is 7.59. The van der Waals surface area contributed by atoms with Gasteiger partial charge in [0.1, 0.15) is 21.2 Å². The van der Waals surface area contributed by atoms with Crippen molar-refractivity contribution in [2.75, 3.05) is 0 Å². The monoisotopic (exact) mass is 320 g/mol. The number of hydrogen-bond acceptors (Lipinski definition) is 3. The lowest BCUT2D eigenvalue weighted by Crippen LogP contribution is -1.96. The summed E-state index contributed by atoms with van der Waals surface area (Å²) in [5.74, 6) is 0. The van der Waals surface area contributed by atoms with E-state index >= 15 is 0 Å². The molecule has 16 heavy (non-hydrogen) atoms.